The Morgan fingerprint density at radius 1 is 0.966 bits per heavy atom. The van der Waals surface area contributed by atoms with Crippen LogP contribution in [0.1, 0.15) is 25.2 Å². The Hall–Kier alpha value is -2.79. The van der Waals surface area contributed by atoms with Crippen molar-refractivity contribution in [3.05, 3.63) is 90.5 Å². The van der Waals surface area contributed by atoms with Crippen LogP contribution in [0.2, 0.25) is 0 Å². The van der Waals surface area contributed by atoms with Crippen molar-refractivity contribution >= 4 is 0 Å². The third-order valence-electron chi connectivity index (χ3n) is 4.47. The molecular formula is C21H15F2N5Pt. The predicted octanol–water partition coefficient (Wildman–Crippen LogP) is 3.93. The number of rotatable bonds is 4. The summed E-state index contributed by atoms with van der Waals surface area (Å²) in [7, 11) is 0. The van der Waals surface area contributed by atoms with Crippen molar-refractivity contribution in [1.29, 1.82) is 0 Å². The van der Waals surface area contributed by atoms with Crippen LogP contribution >= 0.6 is 0 Å². The van der Waals surface area contributed by atoms with Gasteiger partial charge in [0.15, 0.2) is 0 Å². The van der Waals surface area contributed by atoms with Crippen LogP contribution in [0, 0.1) is 24.3 Å². The molecular weight excluding hydrogens is 555 g/mol. The molecule has 0 aliphatic heterocycles. The molecule has 29 heavy (non-hydrogen) atoms. The second-order valence-corrected chi connectivity index (χ2v) is 6.70. The van der Waals surface area contributed by atoms with Gasteiger partial charge in [0, 0.05) is 23.1 Å². The van der Waals surface area contributed by atoms with Crippen LogP contribution in [0.15, 0.2) is 54.9 Å². The zero-order valence-electron chi connectivity index (χ0n) is 15.5. The summed E-state index contributed by atoms with van der Waals surface area (Å²) in [5, 5.41) is 0. The van der Waals surface area contributed by atoms with Gasteiger partial charge in [-0.3, -0.25) is 9.97 Å². The zero-order valence-corrected chi connectivity index (χ0v) is 17.8. The van der Waals surface area contributed by atoms with E-state index in [0.29, 0.717) is 17.2 Å². The van der Waals surface area contributed by atoms with Gasteiger partial charge in [-0.05, 0) is 31.7 Å². The number of nitrogens with zero attached hydrogens (tertiary/aromatic N) is 5. The molecule has 4 rings (SSSR count). The van der Waals surface area contributed by atoms with E-state index in [1.54, 1.807) is 29.1 Å². The van der Waals surface area contributed by atoms with E-state index in [9.17, 15) is 8.78 Å². The first-order valence-electron chi connectivity index (χ1n) is 8.56. The fraction of sp³-hybridized carbons (Fsp3) is 0.143. The quantitative estimate of drug-likeness (QED) is 0.276. The molecule has 0 saturated heterocycles. The second-order valence-electron chi connectivity index (χ2n) is 6.70. The molecule has 5 nitrogen and oxygen atoms in total. The van der Waals surface area contributed by atoms with Gasteiger partial charge in [0.25, 0.3) is 0 Å². The summed E-state index contributed by atoms with van der Waals surface area (Å²) >= 11 is 0. The van der Waals surface area contributed by atoms with Crippen molar-refractivity contribution in [2.24, 2.45) is 0 Å². The molecule has 0 bridgehead atoms. The van der Waals surface area contributed by atoms with E-state index < -0.39 is 17.3 Å². The first-order chi connectivity index (χ1) is 13.4. The number of aromatic nitrogens is 5. The van der Waals surface area contributed by atoms with Crippen molar-refractivity contribution < 1.29 is 29.8 Å². The van der Waals surface area contributed by atoms with Gasteiger partial charge >= 0.3 is 21.1 Å². The summed E-state index contributed by atoms with van der Waals surface area (Å²) in [5.74, 6) is -1.19. The molecule has 0 atom stereocenters. The molecule has 4 aromatic rings. The number of hydrogen-bond donors (Lipinski definition) is 0. The normalized spacial score (nSPS) is 11.2. The maximum Gasteiger partial charge on any atom is 2.00 e. The maximum absolute atomic E-state index is 14.1. The molecule has 148 valence electrons. The van der Waals surface area contributed by atoms with Gasteiger partial charge in [-0.1, -0.05) is 48.3 Å². The molecule has 4 heterocycles. The van der Waals surface area contributed by atoms with Crippen LogP contribution in [0.5, 0.6) is 0 Å². The van der Waals surface area contributed by atoms with E-state index in [1.807, 2.05) is 38.1 Å². The molecule has 0 unspecified atom stereocenters. The molecule has 0 saturated carbocycles. The van der Waals surface area contributed by atoms with E-state index in [-0.39, 0.29) is 26.6 Å². The standard InChI is InChI=1S/C21H15F2N5.Pt/c1-21(2,17-7-4-8-19(26-17)28-12-11-24-13-28)16-6-3-5-15(25-16)14-9-10-18(22)27-20(14)23;/h3-8,10-12H,1-2H3;/q-2;+2. The van der Waals surface area contributed by atoms with Crippen molar-refractivity contribution in [3.8, 4) is 17.1 Å². The molecule has 4 aromatic heterocycles. The minimum absolute atomic E-state index is 0. The molecule has 0 aliphatic rings. The SMILES string of the molecule is CC(C)(c1cccc(-c2[c-]cc(F)nc2F)n1)c1cccc(-n2[c-]ncc2)n1.[Pt+2]. The first-order valence-corrected chi connectivity index (χ1v) is 8.56. The van der Waals surface area contributed by atoms with Crippen LogP contribution in [-0.2, 0) is 26.5 Å². The number of pyridine rings is 3. The van der Waals surface area contributed by atoms with Gasteiger partial charge in [0.1, 0.15) is 11.9 Å². The summed E-state index contributed by atoms with van der Waals surface area (Å²) in [6, 6.07) is 14.5. The summed E-state index contributed by atoms with van der Waals surface area (Å²) in [5.41, 5.74) is 1.24. The zero-order chi connectivity index (χ0) is 19.7. The topological polar surface area (TPSA) is 56.5 Å². The average Bonchev–Trinajstić information content (AvgIpc) is 3.23. The van der Waals surface area contributed by atoms with Crippen molar-refractivity contribution in [1.82, 2.24) is 24.5 Å². The Kier molecular flexibility index (Phi) is 5.98. The number of imidazole rings is 1. The fourth-order valence-electron chi connectivity index (χ4n) is 2.87. The minimum atomic E-state index is -0.946. The summed E-state index contributed by atoms with van der Waals surface area (Å²) in [4.78, 5) is 16.4. The Labute approximate surface area is 181 Å². The molecule has 0 amide bonds. The number of hydrogen-bond acceptors (Lipinski definition) is 4. The van der Waals surface area contributed by atoms with E-state index in [1.165, 1.54) is 0 Å². The third-order valence-corrected chi connectivity index (χ3v) is 4.47. The van der Waals surface area contributed by atoms with Crippen LogP contribution in [0.3, 0.4) is 0 Å². The van der Waals surface area contributed by atoms with E-state index in [2.05, 4.69) is 27.3 Å². The van der Waals surface area contributed by atoms with E-state index >= 15 is 0 Å². The molecule has 0 spiro atoms. The van der Waals surface area contributed by atoms with Gasteiger partial charge in [-0.2, -0.15) is 0 Å². The average molecular weight is 570 g/mol. The van der Waals surface area contributed by atoms with Gasteiger partial charge in [0.2, 0.25) is 0 Å². The Bertz CT molecular complexity index is 1130. The van der Waals surface area contributed by atoms with E-state index in [4.69, 9.17) is 4.98 Å². The summed E-state index contributed by atoms with van der Waals surface area (Å²) in [6.45, 7) is 3.96. The smallest absolute Gasteiger partial charge is 0.418 e. The summed E-state index contributed by atoms with van der Waals surface area (Å²) in [6.07, 6.45) is 6.21. The number of halogens is 2. The third kappa shape index (κ3) is 4.15. The molecule has 0 fully saturated rings. The van der Waals surface area contributed by atoms with E-state index in [0.717, 1.165) is 11.8 Å². The van der Waals surface area contributed by atoms with Crippen molar-refractivity contribution in [3.63, 3.8) is 0 Å². The Balaban J connectivity index is 0.00000240. The monoisotopic (exact) mass is 570 g/mol. The van der Waals surface area contributed by atoms with Crippen molar-refractivity contribution in [2.45, 2.75) is 19.3 Å². The van der Waals surface area contributed by atoms with Gasteiger partial charge < -0.3 is 14.5 Å². The van der Waals surface area contributed by atoms with Gasteiger partial charge in [0.05, 0.1) is 5.82 Å². The minimum Gasteiger partial charge on any atom is -0.418 e. The van der Waals surface area contributed by atoms with Gasteiger partial charge in [-0.15, -0.1) is 6.07 Å². The Morgan fingerprint density at radius 2 is 1.69 bits per heavy atom. The largest absolute Gasteiger partial charge is 2.00 e. The molecule has 0 N–H and O–H groups in total. The Morgan fingerprint density at radius 3 is 2.38 bits per heavy atom. The van der Waals surface area contributed by atoms with Crippen LogP contribution in [0.4, 0.5) is 8.78 Å². The van der Waals surface area contributed by atoms with Gasteiger partial charge in [-0.25, -0.2) is 8.78 Å². The first kappa shape index (κ1) is 20.9. The second kappa shape index (κ2) is 8.29. The fourth-order valence-corrected chi connectivity index (χ4v) is 2.87. The summed E-state index contributed by atoms with van der Waals surface area (Å²) < 4.78 is 28.8. The molecule has 0 radical (unpaired) electrons. The molecule has 0 aromatic carbocycles. The molecule has 0 aliphatic carbocycles. The van der Waals surface area contributed by atoms with Crippen LogP contribution in [-0.4, -0.2) is 24.5 Å². The predicted molar refractivity (Wildman–Crippen MR) is 98.5 cm³/mol. The van der Waals surface area contributed by atoms with Crippen LogP contribution < -0.4 is 0 Å². The van der Waals surface area contributed by atoms with Crippen molar-refractivity contribution in [2.75, 3.05) is 0 Å². The maximum atomic E-state index is 14.1. The molecule has 8 heteroatoms. The van der Waals surface area contributed by atoms with Crippen LogP contribution in [0.25, 0.3) is 17.1 Å².